The van der Waals surface area contributed by atoms with E-state index in [1.54, 1.807) is 0 Å². The van der Waals surface area contributed by atoms with Crippen molar-refractivity contribution >= 4 is 17.8 Å². The number of nitrogen functional groups attached to an aromatic ring is 1. The lowest BCUT2D eigenvalue weighted by molar-refractivity contribution is 0.568. The summed E-state index contributed by atoms with van der Waals surface area (Å²) >= 11 is 0. The summed E-state index contributed by atoms with van der Waals surface area (Å²) in [5.41, 5.74) is 5.71. The largest absolute Gasteiger partial charge is 0.368 e. The van der Waals surface area contributed by atoms with Gasteiger partial charge in [-0.05, 0) is 33.1 Å². The molecule has 2 heterocycles. The first-order valence-electron chi connectivity index (χ1n) is 6.18. The topological polar surface area (TPSA) is 80.0 Å². The maximum atomic E-state index is 5.71. The minimum Gasteiger partial charge on any atom is -0.368 e. The van der Waals surface area contributed by atoms with Crippen molar-refractivity contribution in [2.24, 2.45) is 0 Å². The lowest BCUT2D eigenvalue weighted by Gasteiger charge is -2.26. The van der Waals surface area contributed by atoms with E-state index in [0.717, 1.165) is 13.1 Å². The first-order chi connectivity index (χ1) is 8.15. The van der Waals surface area contributed by atoms with Crippen LogP contribution in [0.5, 0.6) is 0 Å². The van der Waals surface area contributed by atoms with Crippen LogP contribution < -0.4 is 16.0 Å². The summed E-state index contributed by atoms with van der Waals surface area (Å²) in [6.45, 7) is 6.09. The van der Waals surface area contributed by atoms with Crippen molar-refractivity contribution in [3.63, 3.8) is 0 Å². The van der Waals surface area contributed by atoms with Crippen LogP contribution in [0.15, 0.2) is 0 Å². The van der Waals surface area contributed by atoms with E-state index in [2.05, 4.69) is 25.2 Å². The van der Waals surface area contributed by atoms with Gasteiger partial charge in [0.25, 0.3) is 0 Å². The highest BCUT2D eigenvalue weighted by molar-refractivity contribution is 5.42. The zero-order valence-electron chi connectivity index (χ0n) is 10.5. The van der Waals surface area contributed by atoms with Crippen LogP contribution in [-0.2, 0) is 0 Å². The first kappa shape index (κ1) is 11.9. The molecule has 6 nitrogen and oxygen atoms in total. The van der Waals surface area contributed by atoms with E-state index < -0.39 is 0 Å². The van der Waals surface area contributed by atoms with Gasteiger partial charge in [-0.2, -0.15) is 15.0 Å². The molecule has 3 N–H and O–H groups in total. The number of aromatic nitrogens is 3. The van der Waals surface area contributed by atoms with Crippen molar-refractivity contribution in [1.29, 1.82) is 0 Å². The number of hydrogen-bond acceptors (Lipinski definition) is 6. The lowest BCUT2D eigenvalue weighted by atomic mass is 10.1. The van der Waals surface area contributed by atoms with Gasteiger partial charge in [0.05, 0.1) is 0 Å². The van der Waals surface area contributed by atoms with Crippen LogP contribution in [0.25, 0.3) is 0 Å². The Morgan fingerprint density at radius 1 is 1.12 bits per heavy atom. The summed E-state index contributed by atoms with van der Waals surface area (Å²) < 4.78 is 0. The van der Waals surface area contributed by atoms with E-state index >= 15 is 0 Å². The van der Waals surface area contributed by atoms with Crippen molar-refractivity contribution in [3.8, 4) is 0 Å². The summed E-state index contributed by atoms with van der Waals surface area (Å²) in [6.07, 6.45) is 3.67. The molecular weight excluding hydrogens is 216 g/mol. The Kier molecular flexibility index (Phi) is 3.61. The van der Waals surface area contributed by atoms with Gasteiger partial charge in [-0.25, -0.2) is 0 Å². The van der Waals surface area contributed by atoms with Crippen LogP contribution in [-0.4, -0.2) is 34.1 Å². The van der Waals surface area contributed by atoms with Crippen LogP contribution in [0.4, 0.5) is 17.8 Å². The van der Waals surface area contributed by atoms with Gasteiger partial charge in [-0.1, -0.05) is 0 Å². The predicted octanol–water partition coefficient (Wildman–Crippen LogP) is 1.26. The fourth-order valence-electron chi connectivity index (χ4n) is 1.94. The monoisotopic (exact) mass is 236 g/mol. The Morgan fingerprint density at radius 2 is 1.82 bits per heavy atom. The summed E-state index contributed by atoms with van der Waals surface area (Å²) in [7, 11) is 0. The number of nitrogens with one attached hydrogen (secondary N) is 1. The molecule has 2 rings (SSSR count). The maximum absolute atomic E-state index is 5.71. The molecule has 0 aromatic carbocycles. The molecule has 0 bridgehead atoms. The SMILES string of the molecule is CC(C)Nc1nc(N)nc(N2CCCCC2)n1. The molecule has 94 valence electrons. The number of hydrogen-bond donors (Lipinski definition) is 2. The van der Waals surface area contributed by atoms with Gasteiger partial charge in [-0.3, -0.25) is 0 Å². The highest BCUT2D eigenvalue weighted by atomic mass is 15.3. The van der Waals surface area contributed by atoms with Crippen LogP contribution >= 0.6 is 0 Å². The highest BCUT2D eigenvalue weighted by Gasteiger charge is 2.15. The number of anilines is 3. The molecule has 17 heavy (non-hydrogen) atoms. The second kappa shape index (κ2) is 5.16. The standard InChI is InChI=1S/C11H20N6/c1-8(2)13-10-14-9(12)15-11(16-10)17-6-4-3-5-7-17/h8H,3-7H2,1-2H3,(H3,12,13,14,15,16). The zero-order valence-corrected chi connectivity index (χ0v) is 10.5. The van der Waals surface area contributed by atoms with Crippen LogP contribution in [0, 0.1) is 0 Å². The molecule has 0 radical (unpaired) electrons. The van der Waals surface area contributed by atoms with Gasteiger partial charge in [0.15, 0.2) is 0 Å². The van der Waals surface area contributed by atoms with Gasteiger partial charge in [0, 0.05) is 19.1 Å². The van der Waals surface area contributed by atoms with Gasteiger partial charge in [-0.15, -0.1) is 0 Å². The molecule has 6 heteroatoms. The molecule has 1 fully saturated rings. The number of nitrogens with two attached hydrogens (primary N) is 1. The van der Waals surface area contributed by atoms with Crippen molar-refractivity contribution in [2.75, 3.05) is 29.0 Å². The van der Waals surface area contributed by atoms with Crippen LogP contribution in [0.3, 0.4) is 0 Å². The third kappa shape index (κ3) is 3.18. The molecular formula is C11H20N6. The van der Waals surface area contributed by atoms with Gasteiger partial charge < -0.3 is 16.0 Å². The molecule has 1 aromatic rings. The molecule has 1 aromatic heterocycles. The fraction of sp³-hybridized carbons (Fsp3) is 0.727. The minimum atomic E-state index is 0.281. The Bertz CT molecular complexity index is 372. The Morgan fingerprint density at radius 3 is 2.47 bits per heavy atom. The van der Waals surface area contributed by atoms with Crippen LogP contribution in [0.2, 0.25) is 0 Å². The molecule has 0 spiro atoms. The molecule has 0 unspecified atom stereocenters. The summed E-state index contributed by atoms with van der Waals surface area (Å²) in [5, 5.41) is 3.16. The molecule has 1 aliphatic heterocycles. The fourth-order valence-corrected chi connectivity index (χ4v) is 1.94. The van der Waals surface area contributed by atoms with Gasteiger partial charge >= 0.3 is 0 Å². The molecule has 1 aliphatic rings. The van der Waals surface area contributed by atoms with E-state index in [0.29, 0.717) is 11.9 Å². The number of rotatable bonds is 3. The maximum Gasteiger partial charge on any atom is 0.231 e. The summed E-state index contributed by atoms with van der Waals surface area (Å²) in [5.74, 6) is 1.54. The first-order valence-corrected chi connectivity index (χ1v) is 6.18. The van der Waals surface area contributed by atoms with E-state index in [1.165, 1.54) is 19.3 Å². The summed E-state index contributed by atoms with van der Waals surface area (Å²) in [4.78, 5) is 14.9. The van der Waals surface area contributed by atoms with E-state index in [9.17, 15) is 0 Å². The number of piperidine rings is 1. The van der Waals surface area contributed by atoms with Gasteiger partial charge in [0.2, 0.25) is 17.8 Å². The van der Waals surface area contributed by atoms with E-state index in [-0.39, 0.29) is 12.0 Å². The van der Waals surface area contributed by atoms with Gasteiger partial charge in [0.1, 0.15) is 0 Å². The zero-order chi connectivity index (χ0) is 12.3. The normalized spacial score (nSPS) is 16.3. The third-order valence-corrected chi connectivity index (χ3v) is 2.70. The Hall–Kier alpha value is -1.59. The second-order valence-electron chi connectivity index (χ2n) is 4.66. The average Bonchev–Trinajstić information content (AvgIpc) is 2.28. The molecule has 1 saturated heterocycles. The lowest BCUT2D eigenvalue weighted by Crippen LogP contribution is -2.31. The Labute approximate surface area is 102 Å². The van der Waals surface area contributed by atoms with Crippen molar-refractivity contribution in [1.82, 2.24) is 15.0 Å². The number of nitrogens with zero attached hydrogens (tertiary/aromatic N) is 4. The predicted molar refractivity (Wildman–Crippen MR) is 69.1 cm³/mol. The van der Waals surface area contributed by atoms with E-state index in [1.807, 2.05) is 13.8 Å². The average molecular weight is 236 g/mol. The Balaban J connectivity index is 2.18. The van der Waals surface area contributed by atoms with E-state index in [4.69, 9.17) is 5.73 Å². The quantitative estimate of drug-likeness (QED) is 0.822. The van der Waals surface area contributed by atoms with Crippen molar-refractivity contribution in [3.05, 3.63) is 0 Å². The van der Waals surface area contributed by atoms with Crippen LogP contribution in [0.1, 0.15) is 33.1 Å². The van der Waals surface area contributed by atoms with Crippen molar-refractivity contribution < 1.29 is 0 Å². The second-order valence-corrected chi connectivity index (χ2v) is 4.66. The summed E-state index contributed by atoms with van der Waals surface area (Å²) in [6, 6.07) is 0.283. The molecule has 0 aliphatic carbocycles. The smallest absolute Gasteiger partial charge is 0.231 e. The van der Waals surface area contributed by atoms with Crippen molar-refractivity contribution in [2.45, 2.75) is 39.2 Å². The molecule has 0 amide bonds. The molecule has 0 atom stereocenters. The molecule has 0 saturated carbocycles. The third-order valence-electron chi connectivity index (χ3n) is 2.70. The highest BCUT2D eigenvalue weighted by Crippen LogP contribution is 2.17. The minimum absolute atomic E-state index is 0.281.